The Hall–Kier alpha value is -3.63. The molecular formula is C35H47N3O11S. The second-order valence-electron chi connectivity index (χ2n) is 14.1. The molecule has 15 heteroatoms. The number of nitrogens with one attached hydrogen (secondary N) is 2. The lowest BCUT2D eigenvalue weighted by atomic mass is 9.87. The number of hydrogen-bond acceptors (Lipinski definition) is 11. The van der Waals surface area contributed by atoms with Crippen molar-refractivity contribution in [2.75, 3.05) is 39.7 Å². The fourth-order valence-electron chi connectivity index (χ4n) is 6.50. The number of alkyl carbamates (subject to hydrolysis) is 2. The maximum atomic E-state index is 14.3. The topological polar surface area (TPSA) is 171 Å². The molecule has 3 heterocycles. The average molecular weight is 718 g/mol. The highest BCUT2D eigenvalue weighted by Crippen LogP contribution is 2.36. The van der Waals surface area contributed by atoms with E-state index in [0.717, 1.165) is 18.4 Å². The van der Waals surface area contributed by atoms with Crippen molar-refractivity contribution in [1.82, 2.24) is 14.9 Å². The van der Waals surface area contributed by atoms with Gasteiger partial charge >= 0.3 is 12.2 Å². The fourth-order valence-corrected chi connectivity index (χ4v) is 8.16. The summed E-state index contributed by atoms with van der Waals surface area (Å²) in [6.07, 6.45) is 0.457. The minimum absolute atomic E-state index is 0.0145. The summed E-state index contributed by atoms with van der Waals surface area (Å²) >= 11 is 0. The highest BCUT2D eigenvalue weighted by Gasteiger charge is 2.44. The molecule has 14 nitrogen and oxygen atoms in total. The molecule has 3 aliphatic heterocycles. The number of fused-ring (bicyclic) bond motifs is 2. The quantitative estimate of drug-likeness (QED) is 0.217. The van der Waals surface area contributed by atoms with E-state index in [4.69, 9.17) is 28.4 Å². The molecule has 2 amide bonds. The van der Waals surface area contributed by atoms with E-state index in [1.54, 1.807) is 6.07 Å². The van der Waals surface area contributed by atoms with Gasteiger partial charge in [-0.15, -0.1) is 0 Å². The molecule has 50 heavy (non-hydrogen) atoms. The van der Waals surface area contributed by atoms with E-state index >= 15 is 0 Å². The number of ether oxygens (including phenoxy) is 6. The van der Waals surface area contributed by atoms with Gasteiger partial charge in [0.1, 0.15) is 6.10 Å². The molecule has 1 saturated carbocycles. The first kappa shape index (κ1) is 36.2. The summed E-state index contributed by atoms with van der Waals surface area (Å²) in [6.45, 7) is 4.45. The number of nitrogens with zero attached hydrogens (tertiary/aromatic N) is 1. The molecule has 2 aromatic carbocycles. The molecule has 2 aromatic rings. The van der Waals surface area contributed by atoms with Crippen LogP contribution in [-0.2, 0) is 35.4 Å². The predicted molar refractivity (Wildman–Crippen MR) is 179 cm³/mol. The molecular weight excluding hydrogens is 670 g/mol. The van der Waals surface area contributed by atoms with Crippen LogP contribution in [0.2, 0.25) is 0 Å². The highest BCUT2D eigenvalue weighted by atomic mass is 32.2. The zero-order chi connectivity index (χ0) is 35.3. The molecule has 0 unspecified atom stereocenters. The predicted octanol–water partition coefficient (Wildman–Crippen LogP) is 3.56. The maximum absolute atomic E-state index is 14.3. The first-order valence-corrected chi connectivity index (χ1v) is 18.7. The van der Waals surface area contributed by atoms with Gasteiger partial charge in [-0.3, -0.25) is 0 Å². The van der Waals surface area contributed by atoms with Crippen molar-refractivity contribution in [3.8, 4) is 11.5 Å². The van der Waals surface area contributed by atoms with Crippen molar-refractivity contribution in [3.63, 3.8) is 0 Å². The number of aliphatic hydroxyl groups is 1. The minimum Gasteiger partial charge on any atom is -0.454 e. The third-order valence-corrected chi connectivity index (χ3v) is 11.2. The minimum atomic E-state index is -4.20. The van der Waals surface area contributed by atoms with E-state index in [9.17, 15) is 23.1 Å². The van der Waals surface area contributed by atoms with Crippen LogP contribution in [0.4, 0.5) is 9.59 Å². The van der Waals surface area contributed by atoms with Crippen molar-refractivity contribution < 1.29 is 51.5 Å². The molecule has 4 aliphatic rings. The SMILES string of the molecule is CC(C)(CCCOC(=O)NC1CC1)CN(C[C@@H](O)[C@H](Cc1ccccc1)NC(=O)O[C@H]1CO[C@H]2OCC[C@H]21)S(=O)(=O)c1ccc2c(c1)OCO2. The van der Waals surface area contributed by atoms with Gasteiger partial charge in [0.15, 0.2) is 17.8 Å². The van der Waals surface area contributed by atoms with Crippen molar-refractivity contribution in [1.29, 1.82) is 0 Å². The summed E-state index contributed by atoms with van der Waals surface area (Å²) in [7, 11) is -4.20. The van der Waals surface area contributed by atoms with Crippen molar-refractivity contribution in [2.24, 2.45) is 11.3 Å². The number of carbonyl (C=O) groups is 2. The van der Waals surface area contributed by atoms with Crippen molar-refractivity contribution >= 4 is 22.2 Å². The number of hydrogen-bond donors (Lipinski definition) is 3. The van der Waals surface area contributed by atoms with Crippen LogP contribution in [0, 0.1) is 11.3 Å². The zero-order valence-corrected chi connectivity index (χ0v) is 29.3. The molecule has 274 valence electrons. The van der Waals surface area contributed by atoms with Crippen LogP contribution < -0.4 is 20.1 Å². The second-order valence-corrected chi connectivity index (χ2v) is 16.0. The number of sulfonamides is 1. The number of carbonyl (C=O) groups excluding carboxylic acids is 2. The Balaban J connectivity index is 1.18. The van der Waals surface area contributed by atoms with Gasteiger partial charge in [-0.2, -0.15) is 4.31 Å². The first-order chi connectivity index (χ1) is 24.0. The van der Waals surface area contributed by atoms with E-state index in [-0.39, 0.29) is 56.4 Å². The molecule has 0 radical (unpaired) electrons. The number of benzene rings is 2. The second kappa shape index (κ2) is 15.7. The first-order valence-electron chi connectivity index (χ1n) is 17.2. The smallest absolute Gasteiger partial charge is 0.407 e. The Morgan fingerprint density at radius 3 is 2.60 bits per heavy atom. The van der Waals surface area contributed by atoms with Crippen molar-refractivity contribution in [2.45, 2.75) is 87.8 Å². The zero-order valence-electron chi connectivity index (χ0n) is 28.5. The number of amides is 2. The van der Waals surface area contributed by atoms with E-state index in [2.05, 4.69) is 10.6 Å². The third kappa shape index (κ3) is 9.37. The Kier molecular flexibility index (Phi) is 11.4. The summed E-state index contributed by atoms with van der Waals surface area (Å²) in [6, 6.07) is 13.0. The largest absolute Gasteiger partial charge is 0.454 e. The van der Waals surface area contributed by atoms with Gasteiger partial charge in [-0.1, -0.05) is 44.2 Å². The third-order valence-electron chi connectivity index (χ3n) is 9.42. The molecule has 6 rings (SSSR count). The van der Waals surface area contributed by atoms with E-state index in [1.165, 1.54) is 16.4 Å². The van der Waals surface area contributed by atoms with Gasteiger partial charge in [0, 0.05) is 25.2 Å². The van der Waals surface area contributed by atoms with E-state index < -0.39 is 52.2 Å². The lowest BCUT2D eigenvalue weighted by Crippen LogP contribution is -2.52. The summed E-state index contributed by atoms with van der Waals surface area (Å²) < 4.78 is 62.9. The molecule has 0 spiro atoms. The highest BCUT2D eigenvalue weighted by molar-refractivity contribution is 7.89. The fraction of sp³-hybridized carbons (Fsp3) is 0.600. The van der Waals surface area contributed by atoms with Crippen LogP contribution in [0.1, 0.15) is 51.5 Å². The molecule has 5 atom stereocenters. The van der Waals surface area contributed by atoms with Crippen LogP contribution in [-0.4, -0.2) is 100 Å². The van der Waals surface area contributed by atoms with Gasteiger partial charge in [0.25, 0.3) is 0 Å². The molecule has 0 aromatic heterocycles. The number of aliphatic hydroxyl groups excluding tert-OH is 1. The van der Waals surface area contributed by atoms with Crippen LogP contribution in [0.25, 0.3) is 0 Å². The van der Waals surface area contributed by atoms with Gasteiger partial charge in [0.2, 0.25) is 16.8 Å². The Bertz CT molecular complexity index is 1590. The molecule has 3 fully saturated rings. The van der Waals surface area contributed by atoms with Gasteiger partial charge in [0.05, 0.1) is 42.8 Å². The monoisotopic (exact) mass is 717 g/mol. The average Bonchev–Trinajstić information content (AvgIpc) is 3.42. The van der Waals surface area contributed by atoms with Gasteiger partial charge < -0.3 is 44.2 Å². The standard InChI is InChI=1S/C35H47N3O11S/c1-35(2,14-6-15-45-33(40)36-24-9-10-24)21-38(50(42,43)25-11-12-29-30(18-25)48-22-47-29)19-28(39)27(17-23-7-4-3-5-8-23)37-34(41)49-31-20-46-32-26(31)13-16-44-32/h3-5,7-8,11-12,18,24,26-28,31-32,39H,6,9-10,13-17,19-22H2,1-2H3,(H,36,40)(H,37,41)/t26-,27-,28+,31-,32+/m0/s1. The Labute approximate surface area is 292 Å². The maximum Gasteiger partial charge on any atom is 0.407 e. The lowest BCUT2D eigenvalue weighted by molar-refractivity contribution is -0.0907. The molecule has 0 bridgehead atoms. The van der Waals surface area contributed by atoms with E-state index in [0.29, 0.717) is 37.4 Å². The van der Waals surface area contributed by atoms with Gasteiger partial charge in [-0.05, 0) is 61.6 Å². The van der Waals surface area contributed by atoms with Crippen LogP contribution in [0.15, 0.2) is 53.4 Å². The van der Waals surface area contributed by atoms with Gasteiger partial charge in [-0.25, -0.2) is 18.0 Å². The summed E-state index contributed by atoms with van der Waals surface area (Å²) in [4.78, 5) is 25.2. The van der Waals surface area contributed by atoms with Crippen molar-refractivity contribution in [3.05, 3.63) is 54.1 Å². The number of rotatable bonds is 16. The molecule has 1 aliphatic carbocycles. The summed E-state index contributed by atoms with van der Waals surface area (Å²) in [5.74, 6) is 0.681. The normalized spacial score (nSPS) is 22.5. The summed E-state index contributed by atoms with van der Waals surface area (Å²) in [5.41, 5.74) is 0.241. The lowest BCUT2D eigenvalue weighted by Gasteiger charge is -2.35. The Morgan fingerprint density at radius 1 is 1.04 bits per heavy atom. The molecule has 3 N–H and O–H groups in total. The van der Waals surface area contributed by atoms with Crippen LogP contribution >= 0.6 is 0 Å². The molecule has 2 saturated heterocycles. The summed E-state index contributed by atoms with van der Waals surface area (Å²) in [5, 5.41) is 17.4. The van der Waals surface area contributed by atoms with Crippen LogP contribution in [0.5, 0.6) is 11.5 Å². The van der Waals surface area contributed by atoms with E-state index in [1.807, 2.05) is 44.2 Å². The van der Waals surface area contributed by atoms with Crippen LogP contribution in [0.3, 0.4) is 0 Å². The Morgan fingerprint density at radius 2 is 1.82 bits per heavy atom.